The van der Waals surface area contributed by atoms with Gasteiger partial charge in [-0.3, -0.25) is 14.2 Å². The van der Waals surface area contributed by atoms with E-state index in [9.17, 15) is 14.4 Å². The van der Waals surface area contributed by atoms with Crippen molar-refractivity contribution in [1.29, 1.82) is 0 Å². The Bertz CT molecular complexity index is 1040. The van der Waals surface area contributed by atoms with Crippen molar-refractivity contribution in [2.24, 2.45) is 7.05 Å². The number of H-pyrrole nitrogens is 1. The maximum Gasteiger partial charge on any atom is 0.328 e. The average Bonchev–Trinajstić information content (AvgIpc) is 3.27. The summed E-state index contributed by atoms with van der Waals surface area (Å²) in [6, 6.07) is 0. The van der Waals surface area contributed by atoms with Gasteiger partial charge >= 0.3 is 5.69 Å². The van der Waals surface area contributed by atoms with E-state index in [0.29, 0.717) is 16.4 Å². The highest BCUT2D eigenvalue weighted by Gasteiger charge is 2.15. The number of anilines is 1. The van der Waals surface area contributed by atoms with Crippen LogP contribution in [0.5, 0.6) is 0 Å². The molecule has 0 unspecified atom stereocenters. The second kappa shape index (κ2) is 7.66. The van der Waals surface area contributed by atoms with E-state index in [1.807, 2.05) is 0 Å². The van der Waals surface area contributed by atoms with Crippen LogP contribution in [0.3, 0.4) is 0 Å². The lowest BCUT2D eigenvalue weighted by Gasteiger charge is -2.04. The quantitative estimate of drug-likeness (QED) is 0.578. The number of thiazole rings is 1. The second-order valence-corrected chi connectivity index (χ2v) is 7.03. The molecule has 26 heavy (non-hydrogen) atoms. The number of rotatable bonds is 6. The summed E-state index contributed by atoms with van der Waals surface area (Å²) < 4.78 is 6.44. The van der Waals surface area contributed by atoms with Crippen LogP contribution >= 0.6 is 23.1 Å². The van der Waals surface area contributed by atoms with Gasteiger partial charge in [0.2, 0.25) is 11.8 Å². The molecule has 2 N–H and O–H groups in total. The zero-order valence-corrected chi connectivity index (χ0v) is 15.4. The minimum Gasteiger partial charge on any atom is -0.416 e. The highest BCUT2D eigenvalue weighted by Crippen LogP contribution is 2.18. The van der Waals surface area contributed by atoms with Gasteiger partial charge in [-0.15, -0.1) is 21.5 Å². The number of aryl methyl sites for hydroxylation is 1. The van der Waals surface area contributed by atoms with Crippen molar-refractivity contribution in [1.82, 2.24) is 24.7 Å². The largest absolute Gasteiger partial charge is 0.416 e. The van der Waals surface area contributed by atoms with Crippen LogP contribution in [-0.4, -0.2) is 36.4 Å². The Morgan fingerprint density at radius 3 is 2.96 bits per heavy atom. The van der Waals surface area contributed by atoms with Crippen LogP contribution in [0.2, 0.25) is 0 Å². The number of carbonyl (C=O) groups excluding carboxylic acids is 1. The van der Waals surface area contributed by atoms with Gasteiger partial charge in [0.15, 0.2) is 5.13 Å². The third kappa shape index (κ3) is 4.08. The maximum absolute atomic E-state index is 12.2. The van der Waals surface area contributed by atoms with Crippen LogP contribution in [0.15, 0.2) is 30.8 Å². The molecule has 0 atom stereocenters. The van der Waals surface area contributed by atoms with E-state index in [1.54, 1.807) is 18.5 Å². The molecule has 0 spiro atoms. The molecule has 12 heteroatoms. The third-order valence-corrected chi connectivity index (χ3v) is 4.90. The van der Waals surface area contributed by atoms with Gasteiger partial charge in [0.1, 0.15) is 0 Å². The SMILES string of the molecule is Cc1[nH]c(=O)n(C)c(=O)c1Cc1nnc(SCC(=O)Nc2nccs2)o1. The van der Waals surface area contributed by atoms with Crippen LogP contribution < -0.4 is 16.6 Å². The number of aromatic nitrogens is 5. The Hall–Kier alpha value is -2.73. The first-order valence-corrected chi connectivity index (χ1v) is 9.24. The van der Waals surface area contributed by atoms with E-state index in [0.717, 1.165) is 16.3 Å². The van der Waals surface area contributed by atoms with Gasteiger partial charge < -0.3 is 14.7 Å². The second-order valence-electron chi connectivity index (χ2n) is 5.21. The van der Waals surface area contributed by atoms with E-state index in [2.05, 4.69) is 25.5 Å². The van der Waals surface area contributed by atoms with Crippen molar-refractivity contribution >= 4 is 34.1 Å². The van der Waals surface area contributed by atoms with Crippen molar-refractivity contribution in [2.45, 2.75) is 18.6 Å². The van der Waals surface area contributed by atoms with Gasteiger partial charge in [0.25, 0.3) is 10.8 Å². The molecule has 3 aromatic heterocycles. The van der Waals surface area contributed by atoms with Gasteiger partial charge in [0, 0.05) is 29.9 Å². The molecule has 0 saturated carbocycles. The molecule has 0 fully saturated rings. The molecule has 3 aromatic rings. The predicted molar refractivity (Wildman–Crippen MR) is 95.6 cm³/mol. The number of nitrogens with one attached hydrogen (secondary N) is 2. The molecule has 0 aliphatic heterocycles. The third-order valence-electron chi connectivity index (χ3n) is 3.40. The number of aromatic amines is 1. The van der Waals surface area contributed by atoms with E-state index < -0.39 is 11.2 Å². The number of hydrogen-bond donors (Lipinski definition) is 2. The topological polar surface area (TPSA) is 136 Å². The number of amides is 1. The molecule has 136 valence electrons. The predicted octanol–water partition coefficient (Wildman–Crippen LogP) is 0.543. The smallest absolute Gasteiger partial charge is 0.328 e. The van der Waals surface area contributed by atoms with Crippen LogP contribution in [0.4, 0.5) is 5.13 Å². The molecule has 3 rings (SSSR count). The van der Waals surface area contributed by atoms with E-state index in [1.165, 1.54) is 18.4 Å². The summed E-state index contributed by atoms with van der Waals surface area (Å²) in [6.07, 6.45) is 1.69. The fraction of sp³-hybridized carbons (Fsp3) is 0.286. The van der Waals surface area contributed by atoms with Crippen molar-refractivity contribution in [3.8, 4) is 0 Å². The van der Waals surface area contributed by atoms with Gasteiger partial charge in [-0.25, -0.2) is 9.78 Å². The molecule has 3 heterocycles. The fourth-order valence-corrected chi connectivity index (χ4v) is 3.20. The zero-order chi connectivity index (χ0) is 18.7. The molecular formula is C14H14N6O4S2. The first-order chi connectivity index (χ1) is 12.4. The van der Waals surface area contributed by atoms with E-state index in [4.69, 9.17) is 4.42 Å². The summed E-state index contributed by atoms with van der Waals surface area (Å²) in [4.78, 5) is 42.1. The van der Waals surface area contributed by atoms with Crippen LogP contribution in [0.1, 0.15) is 17.1 Å². The zero-order valence-electron chi connectivity index (χ0n) is 13.8. The number of carbonyl (C=O) groups is 1. The molecule has 0 bridgehead atoms. The molecule has 0 saturated heterocycles. The first-order valence-electron chi connectivity index (χ1n) is 7.37. The van der Waals surface area contributed by atoms with Crippen molar-refractivity contribution < 1.29 is 9.21 Å². The fourth-order valence-electron chi connectivity index (χ4n) is 2.07. The monoisotopic (exact) mass is 394 g/mol. The summed E-state index contributed by atoms with van der Waals surface area (Å²) in [5.74, 6) is 0.0656. The van der Waals surface area contributed by atoms with Gasteiger partial charge in [0.05, 0.1) is 12.2 Å². The first kappa shape index (κ1) is 18.1. The lowest BCUT2D eigenvalue weighted by molar-refractivity contribution is -0.113. The highest BCUT2D eigenvalue weighted by atomic mass is 32.2. The average molecular weight is 394 g/mol. The summed E-state index contributed by atoms with van der Waals surface area (Å²) >= 11 is 2.40. The molecule has 0 aliphatic carbocycles. The minimum absolute atomic E-state index is 0.0840. The van der Waals surface area contributed by atoms with E-state index >= 15 is 0 Å². The standard InChI is InChI=1S/C14H14N6O4S2/c1-7-8(11(22)20(2)13(23)16-7)5-10-18-19-14(24-10)26-6-9(21)17-12-15-3-4-25-12/h3-4H,5-6H2,1-2H3,(H,16,23)(H,15,17,21). The van der Waals surface area contributed by atoms with Crippen molar-refractivity contribution in [3.05, 3.63) is 49.6 Å². The molecule has 0 radical (unpaired) electrons. The summed E-state index contributed by atoms with van der Waals surface area (Å²) in [6.45, 7) is 1.63. The van der Waals surface area contributed by atoms with Crippen molar-refractivity contribution in [3.63, 3.8) is 0 Å². The number of thioether (sulfide) groups is 1. The van der Waals surface area contributed by atoms with E-state index in [-0.39, 0.29) is 29.2 Å². The van der Waals surface area contributed by atoms with Crippen LogP contribution in [0.25, 0.3) is 0 Å². The Labute approximate surface area is 154 Å². The van der Waals surface area contributed by atoms with Crippen molar-refractivity contribution in [2.75, 3.05) is 11.1 Å². The molecule has 10 nitrogen and oxygen atoms in total. The minimum atomic E-state index is -0.482. The summed E-state index contributed by atoms with van der Waals surface area (Å²) in [5.41, 5.74) is -0.0760. The summed E-state index contributed by atoms with van der Waals surface area (Å²) in [7, 11) is 1.39. The van der Waals surface area contributed by atoms with Gasteiger partial charge in [-0.1, -0.05) is 11.8 Å². The number of nitrogens with zero attached hydrogens (tertiary/aromatic N) is 4. The maximum atomic E-state index is 12.2. The molecule has 1 amide bonds. The normalized spacial score (nSPS) is 10.8. The van der Waals surface area contributed by atoms with Crippen LogP contribution in [0, 0.1) is 6.92 Å². The lowest BCUT2D eigenvalue weighted by atomic mass is 10.2. The Morgan fingerprint density at radius 1 is 1.42 bits per heavy atom. The lowest BCUT2D eigenvalue weighted by Crippen LogP contribution is -2.36. The number of hydrogen-bond acceptors (Lipinski definition) is 9. The van der Waals surface area contributed by atoms with Crippen LogP contribution in [-0.2, 0) is 18.3 Å². The molecular weight excluding hydrogens is 380 g/mol. The Kier molecular flexibility index (Phi) is 5.32. The highest BCUT2D eigenvalue weighted by molar-refractivity contribution is 7.99. The van der Waals surface area contributed by atoms with Gasteiger partial charge in [-0.05, 0) is 6.92 Å². The Balaban J connectivity index is 1.64. The van der Waals surface area contributed by atoms with Gasteiger partial charge in [-0.2, -0.15) is 0 Å². The molecule has 0 aliphatic rings. The Morgan fingerprint density at radius 2 is 2.23 bits per heavy atom. The summed E-state index contributed by atoms with van der Waals surface area (Å²) in [5, 5.41) is 12.9. The molecule has 0 aromatic carbocycles.